The van der Waals surface area contributed by atoms with Gasteiger partial charge in [0.25, 0.3) is 0 Å². The van der Waals surface area contributed by atoms with E-state index in [1.54, 1.807) is 0 Å². The highest BCUT2D eigenvalue weighted by Crippen LogP contribution is 1.99. The van der Waals surface area contributed by atoms with E-state index in [-0.39, 0.29) is 0 Å². The average Bonchev–Trinajstić information content (AvgIpc) is 2.39. The lowest BCUT2D eigenvalue weighted by Gasteiger charge is -2.04. The first-order valence-corrected chi connectivity index (χ1v) is 7.26. The van der Waals surface area contributed by atoms with E-state index >= 15 is 0 Å². The molecule has 0 spiro atoms. The van der Waals surface area contributed by atoms with Gasteiger partial charge in [-0.15, -0.1) is 0 Å². The smallest absolute Gasteiger partial charge is 0.0631 e. The fourth-order valence-corrected chi connectivity index (χ4v) is 3.11. The Morgan fingerprint density at radius 3 is 1.65 bits per heavy atom. The van der Waals surface area contributed by atoms with E-state index in [9.17, 15) is 0 Å². The molecule has 0 nitrogen and oxygen atoms in total. The van der Waals surface area contributed by atoms with Crippen LogP contribution in [0.25, 0.3) is 0 Å². The summed E-state index contributed by atoms with van der Waals surface area (Å²) in [5, 5.41) is 2.88. The van der Waals surface area contributed by atoms with Crippen LogP contribution in [-0.2, 0) is 12.8 Å². The predicted octanol–water partition coefficient (Wildman–Crippen LogP) is 2.47. The molecule has 0 unspecified atom stereocenters. The van der Waals surface area contributed by atoms with Crippen LogP contribution >= 0.6 is 0 Å². The average molecular weight is 238 g/mol. The molecular weight excluding hydrogens is 220 g/mol. The Kier molecular flexibility index (Phi) is 4.16. The SMILES string of the molecule is CCc1cccc([Si]c2cccc(CC)c2)c1. The fraction of sp³-hybridized carbons (Fsp3) is 0.250. The molecule has 2 aromatic rings. The number of hydrogen-bond acceptors (Lipinski definition) is 0. The van der Waals surface area contributed by atoms with E-state index in [1.807, 2.05) is 0 Å². The van der Waals surface area contributed by atoms with E-state index < -0.39 is 0 Å². The zero-order valence-electron chi connectivity index (χ0n) is 10.5. The summed E-state index contributed by atoms with van der Waals surface area (Å²) in [4.78, 5) is 0. The van der Waals surface area contributed by atoms with Crippen molar-refractivity contribution in [2.24, 2.45) is 0 Å². The van der Waals surface area contributed by atoms with Crippen molar-refractivity contribution in [1.29, 1.82) is 0 Å². The molecule has 2 rings (SSSR count). The Bertz CT molecular complexity index is 443. The standard InChI is InChI=1S/C16H18Si/c1-3-13-7-5-9-15(11-13)17-16-10-6-8-14(4-2)12-16/h5-12H,3-4H2,1-2H3. The van der Waals surface area contributed by atoms with Crippen molar-refractivity contribution in [2.75, 3.05) is 0 Å². The van der Waals surface area contributed by atoms with Crippen molar-refractivity contribution >= 4 is 19.9 Å². The summed E-state index contributed by atoms with van der Waals surface area (Å²) in [5.41, 5.74) is 2.86. The number of benzene rings is 2. The van der Waals surface area contributed by atoms with E-state index in [1.165, 1.54) is 21.5 Å². The zero-order chi connectivity index (χ0) is 12.1. The van der Waals surface area contributed by atoms with Crippen molar-refractivity contribution in [2.45, 2.75) is 26.7 Å². The van der Waals surface area contributed by atoms with Gasteiger partial charge < -0.3 is 0 Å². The Hall–Kier alpha value is -1.34. The minimum Gasteiger partial charge on any atom is -0.0631 e. The van der Waals surface area contributed by atoms with Crippen LogP contribution in [0.1, 0.15) is 25.0 Å². The van der Waals surface area contributed by atoms with Gasteiger partial charge >= 0.3 is 0 Å². The summed E-state index contributed by atoms with van der Waals surface area (Å²) in [7, 11) is 0.776. The molecule has 0 fully saturated rings. The lowest BCUT2D eigenvalue weighted by atomic mass is 10.2. The van der Waals surface area contributed by atoms with Crippen molar-refractivity contribution in [3.63, 3.8) is 0 Å². The summed E-state index contributed by atoms with van der Waals surface area (Å²) in [6.45, 7) is 4.42. The lowest BCUT2D eigenvalue weighted by molar-refractivity contribution is 1.14. The summed E-state index contributed by atoms with van der Waals surface area (Å²) in [6.07, 6.45) is 2.24. The molecular formula is C16H18Si. The molecule has 0 aromatic heterocycles. The summed E-state index contributed by atoms with van der Waals surface area (Å²) in [5.74, 6) is 0. The quantitative estimate of drug-likeness (QED) is 0.718. The molecule has 0 N–H and O–H groups in total. The normalized spacial score (nSPS) is 10.5. The van der Waals surface area contributed by atoms with E-state index in [0.29, 0.717) is 0 Å². The largest absolute Gasteiger partial charge is 0.121 e. The first kappa shape index (κ1) is 12.1. The highest BCUT2D eigenvalue weighted by Gasteiger charge is 2.00. The van der Waals surface area contributed by atoms with Crippen molar-refractivity contribution < 1.29 is 0 Å². The van der Waals surface area contributed by atoms with Crippen LogP contribution in [0.3, 0.4) is 0 Å². The number of hydrogen-bond donors (Lipinski definition) is 0. The van der Waals surface area contributed by atoms with Gasteiger partial charge in [-0.1, -0.05) is 72.8 Å². The molecule has 0 aliphatic carbocycles. The molecule has 1 heteroatoms. The van der Waals surface area contributed by atoms with Crippen molar-refractivity contribution in [1.82, 2.24) is 0 Å². The highest BCUT2D eigenvalue weighted by molar-refractivity contribution is 6.67. The maximum atomic E-state index is 2.33. The minimum atomic E-state index is 0.776. The molecule has 0 aliphatic rings. The molecule has 0 atom stereocenters. The Balaban J connectivity index is 2.18. The van der Waals surface area contributed by atoms with Crippen LogP contribution in [0, 0.1) is 0 Å². The third-order valence-corrected chi connectivity index (χ3v) is 4.16. The van der Waals surface area contributed by atoms with Crippen LogP contribution in [0.5, 0.6) is 0 Å². The fourth-order valence-electron chi connectivity index (χ4n) is 1.90. The molecule has 0 saturated carbocycles. The third-order valence-electron chi connectivity index (χ3n) is 2.96. The Morgan fingerprint density at radius 1 is 0.765 bits per heavy atom. The molecule has 17 heavy (non-hydrogen) atoms. The summed E-state index contributed by atoms with van der Waals surface area (Å²) >= 11 is 0. The van der Waals surface area contributed by atoms with Gasteiger partial charge in [-0.3, -0.25) is 0 Å². The maximum absolute atomic E-state index is 2.33. The summed E-state index contributed by atoms with van der Waals surface area (Å²) in [6, 6.07) is 17.9. The van der Waals surface area contributed by atoms with Gasteiger partial charge in [0, 0.05) is 0 Å². The maximum Gasteiger partial charge on any atom is 0.121 e. The lowest BCUT2D eigenvalue weighted by Crippen LogP contribution is -2.27. The molecule has 2 aromatic carbocycles. The second-order valence-electron chi connectivity index (χ2n) is 4.23. The first-order chi connectivity index (χ1) is 8.31. The second kappa shape index (κ2) is 5.83. The Morgan fingerprint density at radius 2 is 1.24 bits per heavy atom. The number of rotatable bonds is 4. The number of aryl methyl sites for hydroxylation is 2. The second-order valence-corrected chi connectivity index (χ2v) is 5.64. The van der Waals surface area contributed by atoms with Crippen molar-refractivity contribution in [3.8, 4) is 0 Å². The zero-order valence-corrected chi connectivity index (χ0v) is 11.5. The van der Waals surface area contributed by atoms with E-state index in [2.05, 4.69) is 62.4 Å². The minimum absolute atomic E-state index is 0.776. The van der Waals surface area contributed by atoms with E-state index in [4.69, 9.17) is 0 Å². The molecule has 0 aliphatic heterocycles. The Labute approximate surface area is 107 Å². The topological polar surface area (TPSA) is 0 Å². The van der Waals surface area contributed by atoms with Crippen LogP contribution in [0.2, 0.25) is 0 Å². The molecule has 0 amide bonds. The first-order valence-electron chi connectivity index (χ1n) is 6.26. The van der Waals surface area contributed by atoms with Gasteiger partial charge in [-0.2, -0.15) is 0 Å². The van der Waals surface area contributed by atoms with Gasteiger partial charge in [0.2, 0.25) is 0 Å². The van der Waals surface area contributed by atoms with Gasteiger partial charge in [0.05, 0.1) is 0 Å². The molecule has 86 valence electrons. The molecule has 0 heterocycles. The van der Waals surface area contributed by atoms with Gasteiger partial charge in [0.15, 0.2) is 0 Å². The van der Waals surface area contributed by atoms with Gasteiger partial charge in [0.1, 0.15) is 9.52 Å². The molecule has 2 radical (unpaired) electrons. The van der Waals surface area contributed by atoms with Gasteiger partial charge in [-0.05, 0) is 24.0 Å². The van der Waals surface area contributed by atoms with Crippen LogP contribution in [-0.4, -0.2) is 9.52 Å². The van der Waals surface area contributed by atoms with Crippen molar-refractivity contribution in [3.05, 3.63) is 59.7 Å². The monoisotopic (exact) mass is 238 g/mol. The third kappa shape index (κ3) is 3.30. The van der Waals surface area contributed by atoms with Crippen LogP contribution in [0.15, 0.2) is 48.5 Å². The summed E-state index contributed by atoms with van der Waals surface area (Å²) < 4.78 is 0. The van der Waals surface area contributed by atoms with E-state index in [0.717, 1.165) is 22.4 Å². The van der Waals surface area contributed by atoms with Gasteiger partial charge in [-0.25, -0.2) is 0 Å². The van der Waals surface area contributed by atoms with Crippen LogP contribution in [0.4, 0.5) is 0 Å². The molecule has 0 bridgehead atoms. The van der Waals surface area contributed by atoms with Crippen LogP contribution < -0.4 is 10.4 Å². The highest BCUT2D eigenvalue weighted by atomic mass is 28.2. The molecule has 0 saturated heterocycles. The predicted molar refractivity (Wildman–Crippen MR) is 76.7 cm³/mol.